The van der Waals surface area contributed by atoms with Crippen molar-refractivity contribution in [3.63, 3.8) is 0 Å². The van der Waals surface area contributed by atoms with Gasteiger partial charge in [0.25, 0.3) is 0 Å². The fourth-order valence-corrected chi connectivity index (χ4v) is 4.60. The lowest BCUT2D eigenvalue weighted by Gasteiger charge is -2.32. The first-order valence-electron chi connectivity index (χ1n) is 11.7. The summed E-state index contributed by atoms with van der Waals surface area (Å²) in [4.78, 5) is 0. The summed E-state index contributed by atoms with van der Waals surface area (Å²) in [6.07, 6.45) is 6.44. The first kappa shape index (κ1) is 22.4. The van der Waals surface area contributed by atoms with Gasteiger partial charge in [-0.3, -0.25) is 0 Å². The van der Waals surface area contributed by atoms with E-state index in [-0.39, 0.29) is 36.6 Å². The van der Waals surface area contributed by atoms with Crippen LogP contribution in [0.2, 0.25) is 0 Å². The van der Waals surface area contributed by atoms with Crippen molar-refractivity contribution in [2.24, 2.45) is 0 Å². The van der Waals surface area contributed by atoms with E-state index in [1.807, 2.05) is 0 Å². The van der Waals surface area contributed by atoms with Crippen LogP contribution in [-0.4, -0.2) is 36.6 Å². The van der Waals surface area contributed by atoms with Gasteiger partial charge in [-0.1, -0.05) is 37.5 Å². The van der Waals surface area contributed by atoms with Crippen molar-refractivity contribution in [3.8, 4) is 0 Å². The summed E-state index contributed by atoms with van der Waals surface area (Å²) in [5, 5.41) is 0. The standard InChI is InChI=1S/C24H38B2O4/c1-21(2)22(3,4)28-25(27-21)19-14-18(17-12-10-9-11-13-17)15-20(16-19)26-29-23(5,6)24(7,8)30-26/h14-17H,9-13H2,1-8H3. The van der Waals surface area contributed by atoms with Crippen LogP contribution in [0, 0.1) is 0 Å². The minimum Gasteiger partial charge on any atom is -0.399 e. The molecule has 1 aromatic rings. The lowest BCUT2D eigenvalue weighted by Crippen LogP contribution is -2.41. The largest absolute Gasteiger partial charge is 0.494 e. The Hall–Kier alpha value is -0.810. The van der Waals surface area contributed by atoms with Crippen LogP contribution in [-0.2, 0) is 18.6 Å². The predicted octanol–water partition coefficient (Wildman–Crippen LogP) is 4.33. The van der Waals surface area contributed by atoms with E-state index in [0.29, 0.717) is 5.92 Å². The van der Waals surface area contributed by atoms with Crippen LogP contribution in [0.1, 0.15) is 99.0 Å². The van der Waals surface area contributed by atoms with Gasteiger partial charge in [0.05, 0.1) is 22.4 Å². The van der Waals surface area contributed by atoms with Gasteiger partial charge in [-0.15, -0.1) is 0 Å². The van der Waals surface area contributed by atoms with Gasteiger partial charge in [0.1, 0.15) is 0 Å². The molecule has 0 atom stereocenters. The maximum Gasteiger partial charge on any atom is 0.494 e. The quantitative estimate of drug-likeness (QED) is 0.693. The number of hydrogen-bond donors (Lipinski definition) is 0. The monoisotopic (exact) mass is 412 g/mol. The number of benzene rings is 1. The fraction of sp³-hybridized carbons (Fsp3) is 0.750. The van der Waals surface area contributed by atoms with Crippen molar-refractivity contribution < 1.29 is 18.6 Å². The minimum atomic E-state index is -0.375. The van der Waals surface area contributed by atoms with Crippen molar-refractivity contribution in [2.75, 3.05) is 0 Å². The topological polar surface area (TPSA) is 36.9 Å². The molecule has 3 aliphatic rings. The molecule has 0 aromatic heterocycles. The van der Waals surface area contributed by atoms with Gasteiger partial charge in [-0.25, -0.2) is 0 Å². The van der Waals surface area contributed by atoms with Gasteiger partial charge in [-0.05, 0) is 90.6 Å². The lowest BCUT2D eigenvalue weighted by molar-refractivity contribution is 0.00578. The van der Waals surface area contributed by atoms with Gasteiger partial charge < -0.3 is 18.6 Å². The van der Waals surface area contributed by atoms with Crippen molar-refractivity contribution in [1.29, 1.82) is 0 Å². The zero-order valence-electron chi connectivity index (χ0n) is 20.1. The average molecular weight is 412 g/mol. The van der Waals surface area contributed by atoms with Gasteiger partial charge >= 0.3 is 14.2 Å². The average Bonchev–Trinajstić information content (AvgIpc) is 3.02. The van der Waals surface area contributed by atoms with Crippen LogP contribution >= 0.6 is 0 Å². The molecule has 3 fully saturated rings. The van der Waals surface area contributed by atoms with Crippen LogP contribution in [0.4, 0.5) is 0 Å². The molecule has 0 amide bonds. The first-order valence-corrected chi connectivity index (χ1v) is 11.7. The van der Waals surface area contributed by atoms with E-state index in [2.05, 4.69) is 73.6 Å². The molecule has 1 aromatic carbocycles. The van der Waals surface area contributed by atoms with Crippen molar-refractivity contribution >= 4 is 25.2 Å². The maximum atomic E-state index is 6.39. The zero-order chi connectivity index (χ0) is 21.9. The summed E-state index contributed by atoms with van der Waals surface area (Å²) in [5.41, 5.74) is 2.08. The molecule has 2 saturated heterocycles. The molecule has 0 radical (unpaired) electrons. The molecule has 6 heteroatoms. The highest BCUT2D eigenvalue weighted by Gasteiger charge is 2.54. The molecule has 1 saturated carbocycles. The molecule has 2 aliphatic heterocycles. The molecule has 1 aliphatic carbocycles. The van der Waals surface area contributed by atoms with Crippen LogP contribution in [0.3, 0.4) is 0 Å². The van der Waals surface area contributed by atoms with Crippen molar-refractivity contribution in [3.05, 3.63) is 23.8 Å². The lowest BCUT2D eigenvalue weighted by atomic mass is 9.69. The third kappa shape index (κ3) is 3.90. The highest BCUT2D eigenvalue weighted by molar-refractivity contribution is 6.66. The van der Waals surface area contributed by atoms with Crippen LogP contribution in [0.15, 0.2) is 18.2 Å². The van der Waals surface area contributed by atoms with Crippen molar-refractivity contribution in [1.82, 2.24) is 0 Å². The van der Waals surface area contributed by atoms with Crippen LogP contribution in [0.5, 0.6) is 0 Å². The van der Waals surface area contributed by atoms with E-state index in [4.69, 9.17) is 18.6 Å². The van der Waals surface area contributed by atoms with Crippen LogP contribution in [0.25, 0.3) is 0 Å². The zero-order valence-corrected chi connectivity index (χ0v) is 20.1. The van der Waals surface area contributed by atoms with Crippen molar-refractivity contribution in [2.45, 2.75) is 116 Å². The Bertz CT molecular complexity index is 710. The van der Waals surface area contributed by atoms with E-state index >= 15 is 0 Å². The van der Waals surface area contributed by atoms with Gasteiger partial charge in [0, 0.05) is 0 Å². The SMILES string of the molecule is CC1(C)OB(c2cc(B3OC(C)(C)C(C)(C)O3)cc(C3CCCCC3)c2)OC1(C)C. The third-order valence-electron chi connectivity index (χ3n) is 8.13. The van der Waals surface area contributed by atoms with Gasteiger partial charge in [-0.2, -0.15) is 0 Å². The van der Waals surface area contributed by atoms with E-state index in [1.165, 1.54) is 37.7 Å². The Labute approximate surface area is 183 Å². The number of rotatable bonds is 3. The molecule has 0 N–H and O–H groups in total. The Morgan fingerprint density at radius 2 is 0.967 bits per heavy atom. The summed E-state index contributed by atoms with van der Waals surface area (Å²) >= 11 is 0. The second kappa shape index (κ2) is 7.37. The molecule has 30 heavy (non-hydrogen) atoms. The summed E-state index contributed by atoms with van der Waals surface area (Å²) in [5.74, 6) is 0.585. The Kier molecular flexibility index (Phi) is 5.50. The summed E-state index contributed by atoms with van der Waals surface area (Å²) in [6, 6.07) is 6.76. The smallest absolute Gasteiger partial charge is 0.399 e. The highest BCUT2D eigenvalue weighted by atomic mass is 16.7. The maximum absolute atomic E-state index is 6.39. The fourth-order valence-electron chi connectivity index (χ4n) is 4.60. The molecule has 0 bridgehead atoms. The Morgan fingerprint density at radius 3 is 1.33 bits per heavy atom. The predicted molar refractivity (Wildman–Crippen MR) is 124 cm³/mol. The second-order valence-electron chi connectivity index (χ2n) is 11.4. The molecular formula is C24H38B2O4. The molecule has 4 nitrogen and oxygen atoms in total. The normalized spacial score (nSPS) is 27.6. The molecule has 4 rings (SSSR count). The van der Waals surface area contributed by atoms with E-state index < -0.39 is 0 Å². The number of hydrogen-bond acceptors (Lipinski definition) is 4. The summed E-state index contributed by atoms with van der Waals surface area (Å²) in [6.45, 7) is 16.8. The summed E-state index contributed by atoms with van der Waals surface area (Å²) in [7, 11) is -0.751. The Balaban J connectivity index is 1.71. The van der Waals surface area contributed by atoms with E-state index in [0.717, 1.165) is 10.9 Å². The Morgan fingerprint density at radius 1 is 0.600 bits per heavy atom. The highest BCUT2D eigenvalue weighted by Crippen LogP contribution is 2.39. The summed E-state index contributed by atoms with van der Waals surface area (Å²) < 4.78 is 25.6. The van der Waals surface area contributed by atoms with E-state index in [9.17, 15) is 0 Å². The van der Waals surface area contributed by atoms with Gasteiger partial charge in [0.2, 0.25) is 0 Å². The first-order chi connectivity index (χ1) is 13.8. The third-order valence-corrected chi connectivity index (χ3v) is 8.13. The second-order valence-corrected chi connectivity index (χ2v) is 11.4. The van der Waals surface area contributed by atoms with Crippen LogP contribution < -0.4 is 10.9 Å². The van der Waals surface area contributed by atoms with E-state index in [1.54, 1.807) is 0 Å². The molecule has 2 heterocycles. The molecule has 164 valence electrons. The van der Waals surface area contributed by atoms with Gasteiger partial charge in [0.15, 0.2) is 0 Å². The molecular weight excluding hydrogens is 374 g/mol. The minimum absolute atomic E-state index is 0.358. The molecule has 0 spiro atoms. The molecule has 0 unspecified atom stereocenters.